The second kappa shape index (κ2) is 3.08. The van der Waals surface area contributed by atoms with Crippen LogP contribution in [0.15, 0.2) is 36.0 Å². The van der Waals surface area contributed by atoms with Crippen molar-refractivity contribution in [3.8, 4) is 0 Å². The zero-order valence-corrected chi connectivity index (χ0v) is 6.79. The highest BCUT2D eigenvalue weighted by molar-refractivity contribution is 5.30. The van der Waals surface area contributed by atoms with Crippen molar-refractivity contribution in [3.63, 3.8) is 0 Å². The molecule has 1 unspecified atom stereocenters. The Morgan fingerprint density at radius 1 is 1.27 bits per heavy atom. The Bertz CT molecular complexity index is 218. The van der Waals surface area contributed by atoms with E-state index < -0.39 is 0 Å². The number of allylic oxidation sites excluding steroid dienone is 6. The number of rotatable bonds is 0. The van der Waals surface area contributed by atoms with E-state index in [-0.39, 0.29) is 0 Å². The summed E-state index contributed by atoms with van der Waals surface area (Å²) < 4.78 is 0. The summed E-state index contributed by atoms with van der Waals surface area (Å²) in [5, 5.41) is 0. The van der Waals surface area contributed by atoms with E-state index in [2.05, 4.69) is 30.4 Å². The number of fused-ring (bicyclic) bond motifs is 1. The minimum Gasteiger partial charge on any atom is -0.0843 e. The van der Waals surface area contributed by atoms with Crippen LogP contribution in [0.25, 0.3) is 0 Å². The van der Waals surface area contributed by atoms with Gasteiger partial charge in [-0.05, 0) is 37.2 Å². The SMILES string of the molecule is C1=CCC2CCCC=CC2=C1. The fourth-order valence-corrected chi connectivity index (χ4v) is 1.87. The second-order valence-corrected chi connectivity index (χ2v) is 3.36. The smallest absolute Gasteiger partial charge is 0.0127 e. The largest absolute Gasteiger partial charge is 0.0843 e. The lowest BCUT2D eigenvalue weighted by Gasteiger charge is -2.16. The summed E-state index contributed by atoms with van der Waals surface area (Å²) in [5.74, 6) is 0.832. The van der Waals surface area contributed by atoms with Gasteiger partial charge >= 0.3 is 0 Å². The Kier molecular flexibility index (Phi) is 1.93. The van der Waals surface area contributed by atoms with Crippen LogP contribution in [0.1, 0.15) is 25.7 Å². The predicted molar refractivity (Wildman–Crippen MR) is 48.3 cm³/mol. The van der Waals surface area contributed by atoms with Crippen molar-refractivity contribution in [1.82, 2.24) is 0 Å². The predicted octanol–water partition coefficient (Wildman–Crippen LogP) is 3.23. The van der Waals surface area contributed by atoms with Gasteiger partial charge in [0.25, 0.3) is 0 Å². The van der Waals surface area contributed by atoms with Crippen LogP contribution in [0.4, 0.5) is 0 Å². The van der Waals surface area contributed by atoms with E-state index in [4.69, 9.17) is 0 Å². The molecule has 0 radical (unpaired) electrons. The Hall–Kier alpha value is -0.780. The fraction of sp³-hybridized carbons (Fsp3) is 0.455. The molecule has 0 nitrogen and oxygen atoms in total. The first-order valence-corrected chi connectivity index (χ1v) is 4.50. The summed E-state index contributed by atoms with van der Waals surface area (Å²) in [4.78, 5) is 0. The third-order valence-electron chi connectivity index (χ3n) is 2.55. The molecular weight excluding hydrogens is 132 g/mol. The van der Waals surface area contributed by atoms with E-state index in [9.17, 15) is 0 Å². The average molecular weight is 146 g/mol. The molecule has 0 aromatic carbocycles. The summed E-state index contributed by atoms with van der Waals surface area (Å²) in [7, 11) is 0. The van der Waals surface area contributed by atoms with E-state index in [0.29, 0.717) is 0 Å². The van der Waals surface area contributed by atoms with Crippen molar-refractivity contribution in [2.45, 2.75) is 25.7 Å². The molecule has 0 spiro atoms. The van der Waals surface area contributed by atoms with Crippen LogP contribution < -0.4 is 0 Å². The Morgan fingerprint density at radius 3 is 3.27 bits per heavy atom. The topological polar surface area (TPSA) is 0 Å². The molecule has 11 heavy (non-hydrogen) atoms. The van der Waals surface area contributed by atoms with Crippen LogP contribution in [-0.2, 0) is 0 Å². The lowest BCUT2D eigenvalue weighted by molar-refractivity contribution is 0.558. The monoisotopic (exact) mass is 146 g/mol. The molecule has 0 saturated heterocycles. The maximum absolute atomic E-state index is 2.31. The van der Waals surface area contributed by atoms with E-state index >= 15 is 0 Å². The molecule has 0 bridgehead atoms. The zero-order chi connectivity index (χ0) is 7.52. The van der Waals surface area contributed by atoms with E-state index in [0.717, 1.165) is 5.92 Å². The van der Waals surface area contributed by atoms with Gasteiger partial charge in [0.1, 0.15) is 0 Å². The molecule has 0 heterocycles. The van der Waals surface area contributed by atoms with Gasteiger partial charge in [-0.3, -0.25) is 0 Å². The fourth-order valence-electron chi connectivity index (χ4n) is 1.87. The third-order valence-corrected chi connectivity index (χ3v) is 2.55. The van der Waals surface area contributed by atoms with Crippen molar-refractivity contribution < 1.29 is 0 Å². The molecule has 0 aliphatic heterocycles. The first-order chi connectivity index (χ1) is 5.47. The normalized spacial score (nSPS) is 29.1. The van der Waals surface area contributed by atoms with Gasteiger partial charge in [-0.25, -0.2) is 0 Å². The molecule has 2 aliphatic rings. The molecule has 1 atom stereocenters. The van der Waals surface area contributed by atoms with Crippen molar-refractivity contribution in [1.29, 1.82) is 0 Å². The summed E-state index contributed by atoms with van der Waals surface area (Å²) in [6, 6.07) is 0. The highest BCUT2D eigenvalue weighted by atomic mass is 14.2. The first-order valence-electron chi connectivity index (χ1n) is 4.50. The lowest BCUT2D eigenvalue weighted by Crippen LogP contribution is -2.02. The molecule has 0 aromatic heterocycles. The minimum atomic E-state index is 0.832. The van der Waals surface area contributed by atoms with Gasteiger partial charge in [-0.2, -0.15) is 0 Å². The minimum absolute atomic E-state index is 0.832. The standard InChI is InChI=1S/C11H14/c1-2-6-10-8-4-5-9-11(10)7-3-1/h2,4-6,8,11H,1,3,7,9H2. The van der Waals surface area contributed by atoms with Gasteiger partial charge in [0.05, 0.1) is 0 Å². The maximum atomic E-state index is 2.31. The quantitative estimate of drug-likeness (QED) is 0.492. The molecule has 0 heteroatoms. The van der Waals surface area contributed by atoms with Crippen molar-refractivity contribution in [3.05, 3.63) is 36.0 Å². The second-order valence-electron chi connectivity index (χ2n) is 3.36. The van der Waals surface area contributed by atoms with Gasteiger partial charge in [0.2, 0.25) is 0 Å². The number of hydrogen-bond acceptors (Lipinski definition) is 0. The summed E-state index contributed by atoms with van der Waals surface area (Å²) >= 11 is 0. The third kappa shape index (κ3) is 1.45. The molecule has 0 saturated carbocycles. The average Bonchev–Trinajstić information content (AvgIpc) is 2.28. The molecule has 58 valence electrons. The molecule has 0 fully saturated rings. The van der Waals surface area contributed by atoms with Crippen molar-refractivity contribution >= 4 is 0 Å². The van der Waals surface area contributed by atoms with Gasteiger partial charge in [0.15, 0.2) is 0 Å². The van der Waals surface area contributed by atoms with Gasteiger partial charge in [-0.1, -0.05) is 30.4 Å². The first kappa shape index (κ1) is 6.90. The summed E-state index contributed by atoms with van der Waals surface area (Å²) in [6.45, 7) is 0. The highest BCUT2D eigenvalue weighted by Gasteiger charge is 2.13. The Labute approximate surface area is 68.3 Å². The van der Waals surface area contributed by atoms with Crippen LogP contribution in [0.3, 0.4) is 0 Å². The molecule has 2 aliphatic carbocycles. The zero-order valence-electron chi connectivity index (χ0n) is 6.79. The van der Waals surface area contributed by atoms with Crippen LogP contribution in [0.2, 0.25) is 0 Å². The molecule has 0 aromatic rings. The van der Waals surface area contributed by atoms with Crippen molar-refractivity contribution in [2.24, 2.45) is 5.92 Å². The Balaban J connectivity index is 2.22. The van der Waals surface area contributed by atoms with Gasteiger partial charge in [0, 0.05) is 0 Å². The Morgan fingerprint density at radius 2 is 2.27 bits per heavy atom. The lowest BCUT2D eigenvalue weighted by atomic mass is 9.89. The van der Waals surface area contributed by atoms with E-state index in [1.54, 1.807) is 5.57 Å². The van der Waals surface area contributed by atoms with Gasteiger partial charge < -0.3 is 0 Å². The highest BCUT2D eigenvalue weighted by Crippen LogP contribution is 2.29. The van der Waals surface area contributed by atoms with Gasteiger partial charge in [-0.15, -0.1) is 0 Å². The summed E-state index contributed by atoms with van der Waals surface area (Å²) in [6.07, 6.45) is 16.6. The molecular formula is C11H14. The number of hydrogen-bond donors (Lipinski definition) is 0. The van der Waals surface area contributed by atoms with Crippen LogP contribution >= 0.6 is 0 Å². The van der Waals surface area contributed by atoms with E-state index in [1.807, 2.05) is 0 Å². The van der Waals surface area contributed by atoms with E-state index in [1.165, 1.54) is 25.7 Å². The van der Waals surface area contributed by atoms with Crippen LogP contribution in [0, 0.1) is 5.92 Å². The van der Waals surface area contributed by atoms with Crippen LogP contribution in [0.5, 0.6) is 0 Å². The molecule has 0 amide bonds. The molecule has 0 N–H and O–H groups in total. The van der Waals surface area contributed by atoms with Crippen LogP contribution in [-0.4, -0.2) is 0 Å². The summed E-state index contributed by atoms with van der Waals surface area (Å²) in [5.41, 5.74) is 1.55. The maximum Gasteiger partial charge on any atom is -0.0127 e. The van der Waals surface area contributed by atoms with Crippen molar-refractivity contribution in [2.75, 3.05) is 0 Å². The molecule has 2 rings (SSSR count).